The molecule has 0 aliphatic heterocycles. The van der Waals surface area contributed by atoms with Crippen molar-refractivity contribution in [1.29, 1.82) is 0 Å². The van der Waals surface area contributed by atoms with Gasteiger partial charge >= 0.3 is 0 Å². The molecule has 0 bridgehead atoms. The van der Waals surface area contributed by atoms with E-state index < -0.39 is 0 Å². The number of rotatable bonds is 5. The number of hydrogen-bond donors (Lipinski definition) is 1. The fourth-order valence-corrected chi connectivity index (χ4v) is 3.85. The minimum atomic E-state index is -0.297. The first kappa shape index (κ1) is 18.9. The van der Waals surface area contributed by atoms with Crippen LogP contribution in [0.1, 0.15) is 21.8 Å². The van der Waals surface area contributed by atoms with E-state index in [9.17, 15) is 9.59 Å². The van der Waals surface area contributed by atoms with Crippen LogP contribution in [0.3, 0.4) is 0 Å². The second kappa shape index (κ2) is 7.40. The third-order valence-electron chi connectivity index (χ3n) is 4.40. The Hall–Kier alpha value is -2.87. The van der Waals surface area contributed by atoms with Gasteiger partial charge < -0.3 is 14.8 Å². The molecule has 0 saturated carbocycles. The lowest BCUT2D eigenvalue weighted by Crippen LogP contribution is -2.25. The number of anilines is 1. The summed E-state index contributed by atoms with van der Waals surface area (Å²) in [5.41, 5.74) is 2.03. The van der Waals surface area contributed by atoms with Gasteiger partial charge in [0, 0.05) is 10.6 Å². The summed E-state index contributed by atoms with van der Waals surface area (Å²) in [4.78, 5) is 31.5. The molecule has 1 amide bonds. The van der Waals surface area contributed by atoms with Crippen LogP contribution in [0.4, 0.5) is 5.69 Å². The number of aromatic nitrogens is 2. The van der Waals surface area contributed by atoms with Crippen molar-refractivity contribution >= 4 is 27.9 Å². The Labute approximate surface area is 160 Å². The molecule has 0 saturated heterocycles. The van der Waals surface area contributed by atoms with Crippen molar-refractivity contribution in [3.05, 3.63) is 50.4 Å². The predicted octanol–water partition coefficient (Wildman–Crippen LogP) is 2.88. The van der Waals surface area contributed by atoms with Crippen molar-refractivity contribution in [3.8, 4) is 11.5 Å². The molecule has 2 heterocycles. The zero-order valence-electron chi connectivity index (χ0n) is 15.9. The highest BCUT2D eigenvalue weighted by Crippen LogP contribution is 2.28. The summed E-state index contributed by atoms with van der Waals surface area (Å²) < 4.78 is 12.0. The van der Waals surface area contributed by atoms with Crippen LogP contribution in [0.2, 0.25) is 0 Å². The predicted molar refractivity (Wildman–Crippen MR) is 105 cm³/mol. The molecule has 0 unspecified atom stereocenters. The van der Waals surface area contributed by atoms with Gasteiger partial charge in [-0.25, -0.2) is 4.98 Å². The first-order valence-corrected chi connectivity index (χ1v) is 9.17. The van der Waals surface area contributed by atoms with Gasteiger partial charge in [0.1, 0.15) is 5.69 Å². The second-order valence-electron chi connectivity index (χ2n) is 6.15. The smallest absolute Gasteiger partial charge is 0.282 e. The number of carbonyl (C=O) groups is 1. The van der Waals surface area contributed by atoms with Crippen molar-refractivity contribution in [2.75, 3.05) is 19.5 Å². The maximum atomic E-state index is 12.8. The molecular weight excluding hydrogens is 366 g/mol. The molecule has 0 spiro atoms. The highest BCUT2D eigenvalue weighted by molar-refractivity contribution is 7.17. The lowest BCUT2D eigenvalue weighted by Gasteiger charge is -2.11. The van der Waals surface area contributed by atoms with Crippen LogP contribution in [0.25, 0.3) is 4.96 Å². The lowest BCUT2D eigenvalue weighted by molar-refractivity contribution is -0.115. The van der Waals surface area contributed by atoms with Gasteiger partial charge in [0.2, 0.25) is 5.91 Å². The Kier molecular flexibility index (Phi) is 5.18. The van der Waals surface area contributed by atoms with Crippen LogP contribution >= 0.6 is 11.3 Å². The first-order chi connectivity index (χ1) is 12.8. The number of thiazole rings is 1. The Bertz CT molecular complexity index is 1080. The number of fused-ring (bicyclic) bond motifs is 1. The van der Waals surface area contributed by atoms with Crippen LogP contribution < -0.4 is 20.3 Å². The molecule has 1 aromatic carbocycles. The van der Waals surface area contributed by atoms with Crippen molar-refractivity contribution < 1.29 is 14.3 Å². The van der Waals surface area contributed by atoms with E-state index in [-0.39, 0.29) is 23.6 Å². The fourth-order valence-electron chi connectivity index (χ4n) is 2.84. The van der Waals surface area contributed by atoms with E-state index >= 15 is 0 Å². The monoisotopic (exact) mass is 387 g/mol. The van der Waals surface area contributed by atoms with Gasteiger partial charge in [0.05, 0.1) is 26.3 Å². The number of carbonyl (C=O) groups excluding carboxylic acids is 1. The summed E-state index contributed by atoms with van der Waals surface area (Å²) in [5, 5.41) is 2.72. The van der Waals surface area contributed by atoms with Gasteiger partial charge in [-0.1, -0.05) is 6.07 Å². The molecule has 0 aliphatic carbocycles. The van der Waals surface area contributed by atoms with Crippen LogP contribution in [-0.2, 0) is 11.2 Å². The largest absolute Gasteiger partial charge is 0.493 e. The molecule has 3 rings (SSSR count). The number of methoxy groups -OCH3 is 2. The van der Waals surface area contributed by atoms with Crippen molar-refractivity contribution in [2.45, 2.75) is 27.2 Å². The zero-order valence-corrected chi connectivity index (χ0v) is 16.7. The highest BCUT2D eigenvalue weighted by atomic mass is 32.1. The van der Waals surface area contributed by atoms with Gasteiger partial charge in [-0.3, -0.25) is 14.0 Å². The van der Waals surface area contributed by atoms with E-state index in [4.69, 9.17) is 9.47 Å². The molecule has 0 atom stereocenters. The molecule has 2 aromatic heterocycles. The topological polar surface area (TPSA) is 81.9 Å². The number of aryl methyl sites for hydroxylation is 3. The molecular formula is C19H21N3O4S. The van der Waals surface area contributed by atoms with Crippen LogP contribution in [-0.4, -0.2) is 29.5 Å². The average molecular weight is 387 g/mol. The Morgan fingerprint density at radius 1 is 1.19 bits per heavy atom. The van der Waals surface area contributed by atoms with E-state index in [1.165, 1.54) is 18.4 Å². The molecule has 8 heteroatoms. The van der Waals surface area contributed by atoms with E-state index in [2.05, 4.69) is 10.3 Å². The molecule has 1 N–H and O–H groups in total. The van der Waals surface area contributed by atoms with Gasteiger partial charge in [-0.05, 0) is 38.5 Å². The van der Waals surface area contributed by atoms with Crippen molar-refractivity contribution in [1.82, 2.24) is 9.38 Å². The maximum absolute atomic E-state index is 12.8. The minimum absolute atomic E-state index is 0.101. The van der Waals surface area contributed by atoms with Crippen molar-refractivity contribution in [3.63, 3.8) is 0 Å². The minimum Gasteiger partial charge on any atom is -0.493 e. The third kappa shape index (κ3) is 3.52. The number of nitrogens with one attached hydrogen (secondary N) is 1. The summed E-state index contributed by atoms with van der Waals surface area (Å²) in [6.45, 7) is 5.53. The van der Waals surface area contributed by atoms with E-state index in [0.29, 0.717) is 22.2 Å². The molecule has 3 aromatic rings. The maximum Gasteiger partial charge on any atom is 0.282 e. The first-order valence-electron chi connectivity index (χ1n) is 8.35. The van der Waals surface area contributed by atoms with E-state index in [1.807, 2.05) is 13.8 Å². The second-order valence-corrected chi connectivity index (χ2v) is 7.33. The molecule has 27 heavy (non-hydrogen) atoms. The van der Waals surface area contributed by atoms with Crippen LogP contribution in [0, 0.1) is 20.8 Å². The molecule has 0 aliphatic rings. The van der Waals surface area contributed by atoms with E-state index in [0.717, 1.165) is 16.1 Å². The quantitative estimate of drug-likeness (QED) is 0.728. The number of benzene rings is 1. The Balaban J connectivity index is 1.88. The normalized spacial score (nSPS) is 10.9. The van der Waals surface area contributed by atoms with Crippen LogP contribution in [0.5, 0.6) is 11.5 Å². The molecule has 0 fully saturated rings. The summed E-state index contributed by atoms with van der Waals surface area (Å²) >= 11 is 1.46. The van der Waals surface area contributed by atoms with E-state index in [1.54, 1.807) is 36.6 Å². The number of ether oxygens (including phenoxy) is 2. The SMILES string of the molecule is COc1ccc(CC(=O)Nc2c(C)nc3sc(C)c(C)n3c2=O)cc1OC. The fraction of sp³-hybridized carbons (Fsp3) is 0.316. The van der Waals surface area contributed by atoms with Gasteiger partial charge in [-0.15, -0.1) is 11.3 Å². The summed E-state index contributed by atoms with van der Waals surface area (Å²) in [5.74, 6) is 0.842. The average Bonchev–Trinajstić information content (AvgIpc) is 2.92. The van der Waals surface area contributed by atoms with Gasteiger partial charge in [0.15, 0.2) is 16.5 Å². The zero-order chi connectivity index (χ0) is 19.7. The van der Waals surface area contributed by atoms with Crippen LogP contribution in [0.15, 0.2) is 23.0 Å². The number of nitrogens with zero attached hydrogens (tertiary/aromatic N) is 2. The lowest BCUT2D eigenvalue weighted by atomic mass is 10.1. The molecule has 142 valence electrons. The number of hydrogen-bond acceptors (Lipinski definition) is 6. The Morgan fingerprint density at radius 2 is 1.89 bits per heavy atom. The third-order valence-corrected chi connectivity index (χ3v) is 5.46. The standard InChI is InChI=1S/C19H21N3O4S/c1-10-17(18(24)22-11(2)12(3)27-19(22)20-10)21-16(23)9-13-6-7-14(25-4)15(8-13)26-5/h6-8H,9H2,1-5H3,(H,21,23). The summed E-state index contributed by atoms with van der Waals surface area (Å²) in [7, 11) is 3.09. The van der Waals surface area contributed by atoms with Crippen molar-refractivity contribution in [2.24, 2.45) is 0 Å². The molecule has 7 nitrogen and oxygen atoms in total. The van der Waals surface area contributed by atoms with Gasteiger partial charge in [-0.2, -0.15) is 0 Å². The summed E-state index contributed by atoms with van der Waals surface area (Å²) in [6.07, 6.45) is 0.101. The molecule has 0 radical (unpaired) electrons. The number of amides is 1. The van der Waals surface area contributed by atoms with Gasteiger partial charge in [0.25, 0.3) is 5.56 Å². The highest BCUT2D eigenvalue weighted by Gasteiger charge is 2.17. The Morgan fingerprint density at radius 3 is 2.56 bits per heavy atom. The summed E-state index contributed by atoms with van der Waals surface area (Å²) in [6, 6.07) is 5.27.